The van der Waals surface area contributed by atoms with Crippen molar-refractivity contribution in [1.29, 1.82) is 0 Å². The standard InChI is InChI=1S/C13H11N3O4/c17-12-6-1-9(13(18)7-12)8-14-15-10-2-4-11(5-3-10)16(19)20/h1-8,15,17-18H. The maximum atomic E-state index is 10.5. The molecule has 0 saturated carbocycles. The Morgan fingerprint density at radius 1 is 1.15 bits per heavy atom. The van der Waals surface area contributed by atoms with Crippen molar-refractivity contribution in [2.45, 2.75) is 0 Å². The van der Waals surface area contributed by atoms with Gasteiger partial charge in [0.2, 0.25) is 0 Å². The Morgan fingerprint density at radius 2 is 1.85 bits per heavy atom. The predicted molar refractivity (Wildman–Crippen MR) is 74.1 cm³/mol. The van der Waals surface area contributed by atoms with Crippen molar-refractivity contribution >= 4 is 17.6 Å². The number of nitrogens with one attached hydrogen (secondary N) is 1. The quantitative estimate of drug-likeness (QED) is 0.450. The summed E-state index contributed by atoms with van der Waals surface area (Å²) in [6, 6.07) is 9.88. The molecule has 0 atom stereocenters. The minimum Gasteiger partial charge on any atom is -0.508 e. The fourth-order valence-corrected chi connectivity index (χ4v) is 1.48. The molecule has 0 heterocycles. The summed E-state index contributed by atoms with van der Waals surface area (Å²) in [5.41, 5.74) is 3.67. The van der Waals surface area contributed by atoms with Crippen LogP contribution in [0.3, 0.4) is 0 Å². The molecule has 102 valence electrons. The van der Waals surface area contributed by atoms with Gasteiger partial charge in [-0.1, -0.05) is 0 Å². The molecule has 0 bridgehead atoms. The number of benzene rings is 2. The number of non-ortho nitro benzene ring substituents is 1. The molecular formula is C13H11N3O4. The third-order valence-electron chi connectivity index (χ3n) is 2.49. The highest BCUT2D eigenvalue weighted by molar-refractivity contribution is 5.84. The first-order valence-electron chi connectivity index (χ1n) is 5.62. The topological polar surface area (TPSA) is 108 Å². The molecule has 20 heavy (non-hydrogen) atoms. The zero-order valence-electron chi connectivity index (χ0n) is 10.2. The molecule has 0 amide bonds. The lowest BCUT2D eigenvalue weighted by atomic mass is 10.2. The van der Waals surface area contributed by atoms with Gasteiger partial charge in [0, 0.05) is 23.8 Å². The van der Waals surface area contributed by atoms with Gasteiger partial charge in [-0.05, 0) is 24.3 Å². The summed E-state index contributed by atoms with van der Waals surface area (Å²) in [4.78, 5) is 10.00. The zero-order chi connectivity index (χ0) is 14.5. The van der Waals surface area contributed by atoms with Crippen LogP contribution in [-0.2, 0) is 0 Å². The molecule has 0 aliphatic carbocycles. The number of nitrogens with zero attached hydrogens (tertiary/aromatic N) is 2. The van der Waals surface area contributed by atoms with E-state index in [9.17, 15) is 15.2 Å². The Balaban J connectivity index is 2.04. The van der Waals surface area contributed by atoms with Crippen LogP contribution >= 0.6 is 0 Å². The maximum Gasteiger partial charge on any atom is 0.269 e. The Hall–Kier alpha value is -3.09. The van der Waals surface area contributed by atoms with E-state index in [2.05, 4.69) is 10.5 Å². The number of nitro groups is 1. The van der Waals surface area contributed by atoms with E-state index in [0.717, 1.165) is 0 Å². The lowest BCUT2D eigenvalue weighted by Gasteiger charge is -2.01. The summed E-state index contributed by atoms with van der Waals surface area (Å²) in [6.07, 6.45) is 1.37. The number of hydrazone groups is 1. The van der Waals surface area contributed by atoms with Crippen LogP contribution in [0.2, 0.25) is 0 Å². The maximum absolute atomic E-state index is 10.5. The number of hydrogen-bond donors (Lipinski definition) is 3. The number of rotatable bonds is 4. The molecule has 7 heteroatoms. The van der Waals surface area contributed by atoms with Crippen LogP contribution < -0.4 is 5.43 Å². The summed E-state index contributed by atoms with van der Waals surface area (Å²) in [6.45, 7) is 0. The van der Waals surface area contributed by atoms with E-state index in [1.165, 1.54) is 48.7 Å². The molecule has 2 aromatic carbocycles. The van der Waals surface area contributed by atoms with Gasteiger partial charge >= 0.3 is 0 Å². The van der Waals surface area contributed by atoms with Crippen molar-refractivity contribution in [2.24, 2.45) is 5.10 Å². The van der Waals surface area contributed by atoms with E-state index in [0.29, 0.717) is 11.3 Å². The summed E-state index contributed by atoms with van der Waals surface area (Å²) < 4.78 is 0. The monoisotopic (exact) mass is 273 g/mol. The average molecular weight is 273 g/mol. The minimum atomic E-state index is -0.485. The zero-order valence-corrected chi connectivity index (χ0v) is 10.2. The first kappa shape index (κ1) is 13.3. The number of phenolic OH excluding ortho intramolecular Hbond substituents is 2. The number of anilines is 1. The molecule has 0 radical (unpaired) electrons. The SMILES string of the molecule is O=[N+]([O-])c1ccc(NN=Cc2ccc(O)cc2O)cc1. The largest absolute Gasteiger partial charge is 0.508 e. The van der Waals surface area contributed by atoms with Gasteiger partial charge in [-0.3, -0.25) is 15.5 Å². The van der Waals surface area contributed by atoms with Gasteiger partial charge in [0.25, 0.3) is 5.69 Å². The molecule has 0 saturated heterocycles. The highest BCUT2D eigenvalue weighted by atomic mass is 16.6. The minimum absolute atomic E-state index is 0.00397. The fraction of sp³-hybridized carbons (Fsp3) is 0. The van der Waals surface area contributed by atoms with Crippen molar-refractivity contribution in [2.75, 3.05) is 5.43 Å². The Bertz CT molecular complexity index is 653. The van der Waals surface area contributed by atoms with E-state index in [4.69, 9.17) is 5.11 Å². The van der Waals surface area contributed by atoms with Crippen LogP contribution in [-0.4, -0.2) is 21.4 Å². The van der Waals surface area contributed by atoms with Gasteiger partial charge in [-0.15, -0.1) is 0 Å². The second-order valence-corrected chi connectivity index (χ2v) is 3.92. The van der Waals surface area contributed by atoms with E-state index >= 15 is 0 Å². The van der Waals surface area contributed by atoms with Gasteiger partial charge in [0.15, 0.2) is 0 Å². The molecule has 3 N–H and O–H groups in total. The van der Waals surface area contributed by atoms with Gasteiger partial charge in [-0.2, -0.15) is 5.10 Å². The Morgan fingerprint density at radius 3 is 2.45 bits per heavy atom. The molecule has 0 aliphatic rings. The van der Waals surface area contributed by atoms with Crippen LogP contribution in [0.5, 0.6) is 11.5 Å². The fourth-order valence-electron chi connectivity index (χ4n) is 1.48. The second kappa shape index (κ2) is 5.70. The van der Waals surface area contributed by atoms with Crippen molar-refractivity contribution < 1.29 is 15.1 Å². The molecular weight excluding hydrogens is 262 g/mol. The number of aromatic hydroxyl groups is 2. The smallest absolute Gasteiger partial charge is 0.269 e. The molecule has 0 aliphatic heterocycles. The summed E-state index contributed by atoms with van der Waals surface area (Å²) >= 11 is 0. The third-order valence-corrected chi connectivity index (χ3v) is 2.49. The molecule has 7 nitrogen and oxygen atoms in total. The predicted octanol–water partition coefficient (Wildman–Crippen LogP) is 2.45. The highest BCUT2D eigenvalue weighted by Crippen LogP contribution is 2.21. The van der Waals surface area contributed by atoms with Crippen LogP contribution in [0.15, 0.2) is 47.6 Å². The summed E-state index contributed by atoms with van der Waals surface area (Å²) in [7, 11) is 0. The lowest BCUT2D eigenvalue weighted by Crippen LogP contribution is -1.92. The number of phenols is 2. The van der Waals surface area contributed by atoms with Crippen molar-refractivity contribution in [3.05, 3.63) is 58.1 Å². The van der Waals surface area contributed by atoms with Crippen LogP contribution in [0.25, 0.3) is 0 Å². The van der Waals surface area contributed by atoms with Gasteiger partial charge < -0.3 is 10.2 Å². The van der Waals surface area contributed by atoms with E-state index in [1.54, 1.807) is 0 Å². The first-order chi connectivity index (χ1) is 9.56. The van der Waals surface area contributed by atoms with Crippen LogP contribution in [0, 0.1) is 10.1 Å². The van der Waals surface area contributed by atoms with Gasteiger partial charge in [0.05, 0.1) is 16.8 Å². The molecule has 0 spiro atoms. The molecule has 2 aromatic rings. The molecule has 0 aromatic heterocycles. The average Bonchev–Trinajstić information content (AvgIpc) is 2.42. The molecule has 2 rings (SSSR count). The Labute approximate surface area is 114 Å². The molecule has 0 unspecified atom stereocenters. The van der Waals surface area contributed by atoms with Crippen molar-refractivity contribution in [3.8, 4) is 11.5 Å². The third kappa shape index (κ3) is 3.22. The summed E-state index contributed by atoms with van der Waals surface area (Å²) in [5.74, 6) is -0.137. The number of nitro benzene ring substituents is 1. The lowest BCUT2D eigenvalue weighted by molar-refractivity contribution is -0.384. The Kier molecular flexibility index (Phi) is 3.80. The van der Waals surface area contributed by atoms with Crippen LogP contribution in [0.1, 0.15) is 5.56 Å². The number of hydrogen-bond acceptors (Lipinski definition) is 6. The van der Waals surface area contributed by atoms with E-state index in [-0.39, 0.29) is 17.2 Å². The summed E-state index contributed by atoms with van der Waals surface area (Å²) in [5, 5.41) is 33.0. The first-order valence-corrected chi connectivity index (χ1v) is 5.62. The van der Waals surface area contributed by atoms with E-state index < -0.39 is 4.92 Å². The molecule has 0 fully saturated rings. The van der Waals surface area contributed by atoms with Crippen molar-refractivity contribution in [1.82, 2.24) is 0 Å². The van der Waals surface area contributed by atoms with E-state index in [1.807, 2.05) is 0 Å². The van der Waals surface area contributed by atoms with Crippen molar-refractivity contribution in [3.63, 3.8) is 0 Å². The van der Waals surface area contributed by atoms with Gasteiger partial charge in [0.1, 0.15) is 11.5 Å². The normalized spacial score (nSPS) is 10.6. The second-order valence-electron chi connectivity index (χ2n) is 3.92. The van der Waals surface area contributed by atoms with Crippen LogP contribution in [0.4, 0.5) is 11.4 Å². The highest BCUT2D eigenvalue weighted by Gasteiger charge is 2.03. The van der Waals surface area contributed by atoms with Gasteiger partial charge in [-0.25, -0.2) is 0 Å².